The Bertz CT molecular complexity index is 903. The number of furan rings is 1. The summed E-state index contributed by atoms with van der Waals surface area (Å²) in [7, 11) is 0. The molecule has 0 bridgehead atoms. The van der Waals surface area contributed by atoms with Crippen LogP contribution in [0.3, 0.4) is 0 Å². The Balaban J connectivity index is 1.69. The van der Waals surface area contributed by atoms with Gasteiger partial charge in [0, 0.05) is 0 Å². The van der Waals surface area contributed by atoms with Crippen molar-refractivity contribution in [3.05, 3.63) is 58.1 Å². The molecule has 0 saturated carbocycles. The molecule has 0 aliphatic carbocycles. The van der Waals surface area contributed by atoms with Gasteiger partial charge in [-0.1, -0.05) is 11.6 Å². The monoisotopic (exact) mass is 350 g/mol. The summed E-state index contributed by atoms with van der Waals surface area (Å²) in [5, 5.41) is 7.68. The number of hydrogen-bond donors (Lipinski definition) is 0. The number of aromatic nitrogens is 2. The molecule has 3 aromatic rings. The largest absolute Gasteiger partial charge is 0.466 e. The van der Waals surface area contributed by atoms with Crippen molar-refractivity contribution in [2.24, 2.45) is 0 Å². The second kappa shape index (κ2) is 6.45. The van der Waals surface area contributed by atoms with Crippen molar-refractivity contribution >= 4 is 17.6 Å². The Kier molecular flexibility index (Phi) is 4.35. The summed E-state index contributed by atoms with van der Waals surface area (Å²) in [6, 6.07) is 5.18. The van der Waals surface area contributed by atoms with Gasteiger partial charge < -0.3 is 13.6 Å². The molecule has 0 unspecified atom stereocenters. The SMILES string of the molecule is Cc1cc(-c2nnc(COC(=O)c3ccc(F)cc3Cl)o2)c(C)o1. The molecule has 0 aliphatic heterocycles. The van der Waals surface area contributed by atoms with Crippen LogP contribution < -0.4 is 0 Å². The fraction of sp³-hybridized carbons (Fsp3) is 0.188. The van der Waals surface area contributed by atoms with E-state index < -0.39 is 11.8 Å². The van der Waals surface area contributed by atoms with Crippen molar-refractivity contribution in [2.75, 3.05) is 0 Å². The van der Waals surface area contributed by atoms with Crippen LogP contribution in [0, 0.1) is 19.7 Å². The topological polar surface area (TPSA) is 78.4 Å². The van der Waals surface area contributed by atoms with Crippen LogP contribution in [0.15, 0.2) is 33.1 Å². The molecule has 1 aromatic carbocycles. The third-order valence-electron chi connectivity index (χ3n) is 3.22. The smallest absolute Gasteiger partial charge is 0.340 e. The van der Waals surface area contributed by atoms with Crippen molar-refractivity contribution in [2.45, 2.75) is 20.5 Å². The highest BCUT2D eigenvalue weighted by molar-refractivity contribution is 6.33. The average Bonchev–Trinajstić information content (AvgIpc) is 3.11. The quantitative estimate of drug-likeness (QED) is 0.659. The van der Waals surface area contributed by atoms with Gasteiger partial charge >= 0.3 is 5.97 Å². The van der Waals surface area contributed by atoms with Crippen LogP contribution in [0.4, 0.5) is 4.39 Å². The van der Waals surface area contributed by atoms with E-state index in [1.807, 2.05) is 6.92 Å². The second-order valence-electron chi connectivity index (χ2n) is 5.03. The summed E-state index contributed by atoms with van der Waals surface area (Å²) in [6.45, 7) is 3.36. The number of carbonyl (C=O) groups is 1. The highest BCUT2D eigenvalue weighted by Gasteiger charge is 2.17. The van der Waals surface area contributed by atoms with Gasteiger partial charge in [-0.2, -0.15) is 0 Å². The molecule has 124 valence electrons. The van der Waals surface area contributed by atoms with Gasteiger partial charge in [0.1, 0.15) is 17.3 Å². The van der Waals surface area contributed by atoms with Crippen LogP contribution in [0.5, 0.6) is 0 Å². The average molecular weight is 351 g/mol. The lowest BCUT2D eigenvalue weighted by atomic mass is 10.2. The highest BCUT2D eigenvalue weighted by Crippen LogP contribution is 2.25. The number of aryl methyl sites for hydroxylation is 2. The molecule has 24 heavy (non-hydrogen) atoms. The van der Waals surface area contributed by atoms with E-state index in [1.54, 1.807) is 13.0 Å². The maximum atomic E-state index is 13.0. The normalized spacial score (nSPS) is 10.8. The lowest BCUT2D eigenvalue weighted by Crippen LogP contribution is -2.06. The maximum absolute atomic E-state index is 13.0. The van der Waals surface area contributed by atoms with E-state index in [9.17, 15) is 9.18 Å². The van der Waals surface area contributed by atoms with Gasteiger partial charge in [-0.05, 0) is 38.1 Å². The first kappa shape index (κ1) is 16.2. The Hall–Kier alpha value is -2.67. The molecular formula is C16H12ClFN2O4. The summed E-state index contributed by atoms with van der Waals surface area (Å²) in [4.78, 5) is 12.0. The van der Waals surface area contributed by atoms with Crippen LogP contribution in [0.1, 0.15) is 27.8 Å². The third-order valence-corrected chi connectivity index (χ3v) is 3.53. The lowest BCUT2D eigenvalue weighted by Gasteiger charge is -2.04. The van der Waals surface area contributed by atoms with Gasteiger partial charge in [0.15, 0.2) is 6.61 Å². The molecule has 0 N–H and O–H groups in total. The lowest BCUT2D eigenvalue weighted by molar-refractivity contribution is 0.0439. The number of esters is 1. The van der Waals surface area contributed by atoms with Gasteiger partial charge in [0.2, 0.25) is 0 Å². The summed E-state index contributed by atoms with van der Waals surface area (Å²) >= 11 is 5.81. The molecule has 8 heteroatoms. The second-order valence-corrected chi connectivity index (χ2v) is 5.44. The number of halogens is 2. The Morgan fingerprint density at radius 1 is 1.25 bits per heavy atom. The first-order valence-corrected chi connectivity index (χ1v) is 7.34. The maximum Gasteiger partial charge on any atom is 0.340 e. The minimum atomic E-state index is -0.713. The van der Waals surface area contributed by atoms with Gasteiger partial charge in [-0.25, -0.2) is 9.18 Å². The molecule has 0 spiro atoms. The predicted octanol–water partition coefficient (Wildman–Crippen LogP) is 4.10. The minimum Gasteiger partial charge on any atom is -0.466 e. The molecule has 0 atom stereocenters. The molecule has 0 saturated heterocycles. The van der Waals surface area contributed by atoms with E-state index >= 15 is 0 Å². The van der Waals surface area contributed by atoms with E-state index in [4.69, 9.17) is 25.2 Å². The number of rotatable bonds is 4. The fourth-order valence-corrected chi connectivity index (χ4v) is 2.37. The molecule has 0 amide bonds. The zero-order valence-electron chi connectivity index (χ0n) is 12.8. The zero-order chi connectivity index (χ0) is 17.3. The van der Waals surface area contributed by atoms with E-state index in [1.165, 1.54) is 6.07 Å². The molecule has 2 aromatic heterocycles. The molecule has 6 nitrogen and oxygen atoms in total. The molecule has 2 heterocycles. The summed E-state index contributed by atoms with van der Waals surface area (Å²) in [5.41, 5.74) is 0.735. The van der Waals surface area contributed by atoms with Crippen molar-refractivity contribution in [1.29, 1.82) is 0 Å². The van der Waals surface area contributed by atoms with Crippen LogP contribution >= 0.6 is 11.6 Å². The number of nitrogens with zero attached hydrogens (tertiary/aromatic N) is 2. The summed E-state index contributed by atoms with van der Waals surface area (Å²) in [6.07, 6.45) is 0. The van der Waals surface area contributed by atoms with Gasteiger partial charge in [0.05, 0.1) is 16.1 Å². The zero-order valence-corrected chi connectivity index (χ0v) is 13.6. The number of ether oxygens (including phenoxy) is 1. The molecule has 0 fully saturated rings. The van der Waals surface area contributed by atoms with E-state index in [-0.39, 0.29) is 29.0 Å². The fourth-order valence-electron chi connectivity index (χ4n) is 2.12. The molecular weight excluding hydrogens is 339 g/mol. The van der Waals surface area contributed by atoms with Crippen LogP contribution in [-0.4, -0.2) is 16.2 Å². The molecule has 0 radical (unpaired) electrons. The first-order chi connectivity index (χ1) is 11.4. The van der Waals surface area contributed by atoms with Crippen LogP contribution in [-0.2, 0) is 11.3 Å². The standard InChI is InChI=1S/C16H12ClFN2O4/c1-8-5-12(9(2)23-8)15-20-19-14(24-15)7-22-16(21)11-4-3-10(18)6-13(11)17/h3-6H,7H2,1-2H3. The van der Waals surface area contributed by atoms with Crippen molar-refractivity contribution < 1.29 is 22.8 Å². The Morgan fingerprint density at radius 3 is 2.71 bits per heavy atom. The number of carbonyl (C=O) groups excluding carboxylic acids is 1. The third kappa shape index (κ3) is 3.30. The van der Waals surface area contributed by atoms with Crippen LogP contribution in [0.25, 0.3) is 11.5 Å². The van der Waals surface area contributed by atoms with Crippen molar-refractivity contribution in [3.63, 3.8) is 0 Å². The summed E-state index contributed by atoms with van der Waals surface area (Å²) in [5.74, 6) is 0.515. The van der Waals surface area contributed by atoms with Gasteiger partial charge in [0.25, 0.3) is 11.8 Å². The van der Waals surface area contributed by atoms with Gasteiger partial charge in [-0.15, -0.1) is 10.2 Å². The summed E-state index contributed by atoms with van der Waals surface area (Å²) < 4.78 is 28.9. The van der Waals surface area contributed by atoms with Crippen LogP contribution in [0.2, 0.25) is 5.02 Å². The van der Waals surface area contributed by atoms with E-state index in [0.717, 1.165) is 17.9 Å². The first-order valence-electron chi connectivity index (χ1n) is 6.96. The Labute approximate surface area is 141 Å². The number of benzene rings is 1. The van der Waals surface area contributed by atoms with Gasteiger partial charge in [-0.3, -0.25) is 0 Å². The van der Waals surface area contributed by atoms with E-state index in [2.05, 4.69) is 10.2 Å². The predicted molar refractivity (Wildman–Crippen MR) is 82.0 cm³/mol. The molecule has 3 rings (SSSR count). The van der Waals surface area contributed by atoms with Crippen molar-refractivity contribution in [3.8, 4) is 11.5 Å². The van der Waals surface area contributed by atoms with Crippen molar-refractivity contribution in [1.82, 2.24) is 10.2 Å². The molecule has 0 aliphatic rings. The highest BCUT2D eigenvalue weighted by atomic mass is 35.5. The number of hydrogen-bond acceptors (Lipinski definition) is 6. The minimum absolute atomic E-state index is 0.0317. The van der Waals surface area contributed by atoms with E-state index in [0.29, 0.717) is 11.3 Å². The Morgan fingerprint density at radius 2 is 2.04 bits per heavy atom.